The molecule has 9 nitrogen and oxygen atoms in total. The van der Waals surface area contributed by atoms with Gasteiger partial charge in [0.25, 0.3) is 11.5 Å². The Hall–Kier alpha value is -4.27. The highest BCUT2D eigenvalue weighted by atomic mass is 16.5. The molecule has 0 fully saturated rings. The lowest BCUT2D eigenvalue weighted by atomic mass is 10.1. The molecule has 0 saturated carbocycles. The van der Waals surface area contributed by atoms with Crippen molar-refractivity contribution in [1.29, 1.82) is 0 Å². The van der Waals surface area contributed by atoms with Crippen molar-refractivity contribution in [2.45, 2.75) is 39.7 Å². The minimum Gasteiger partial charge on any atom is -0.497 e. The molecule has 4 aromatic rings. The second kappa shape index (κ2) is 11.0. The molecule has 0 N–H and O–H groups in total. The van der Waals surface area contributed by atoms with E-state index >= 15 is 0 Å². The number of unbranched alkanes of at least 4 members (excludes halogenated alkanes) is 1. The zero-order chi connectivity index (χ0) is 25.7. The van der Waals surface area contributed by atoms with Gasteiger partial charge >= 0.3 is 5.97 Å². The van der Waals surface area contributed by atoms with Crippen LogP contribution in [0.1, 0.15) is 42.6 Å². The van der Waals surface area contributed by atoms with Gasteiger partial charge in [-0.15, -0.1) is 0 Å². The summed E-state index contributed by atoms with van der Waals surface area (Å²) in [5, 5.41) is 0.249. The van der Waals surface area contributed by atoms with Gasteiger partial charge in [-0.1, -0.05) is 31.5 Å². The van der Waals surface area contributed by atoms with E-state index in [-0.39, 0.29) is 35.0 Å². The molecule has 1 aromatic carbocycles. The van der Waals surface area contributed by atoms with E-state index in [1.807, 2.05) is 6.92 Å². The fourth-order valence-corrected chi connectivity index (χ4v) is 3.96. The normalized spacial score (nSPS) is 11.7. The first-order valence-corrected chi connectivity index (χ1v) is 11.9. The molecule has 3 aromatic heterocycles. The zero-order valence-electron chi connectivity index (χ0n) is 20.6. The van der Waals surface area contributed by atoms with Gasteiger partial charge in [0.05, 0.1) is 25.5 Å². The van der Waals surface area contributed by atoms with Gasteiger partial charge in [-0.3, -0.25) is 14.0 Å². The summed E-state index contributed by atoms with van der Waals surface area (Å²) < 4.78 is 13.5. The van der Waals surface area contributed by atoms with Crippen LogP contribution in [0.5, 0.6) is 5.75 Å². The molecule has 9 heteroatoms. The molecule has 0 saturated heterocycles. The molecule has 186 valence electrons. The van der Waals surface area contributed by atoms with Crippen molar-refractivity contribution in [3.8, 4) is 5.75 Å². The smallest absolute Gasteiger partial charge is 0.341 e. The Balaban J connectivity index is 1.97. The van der Waals surface area contributed by atoms with Crippen LogP contribution >= 0.6 is 0 Å². The van der Waals surface area contributed by atoms with Crippen LogP contribution in [0.15, 0.2) is 64.5 Å². The summed E-state index contributed by atoms with van der Waals surface area (Å²) in [5.41, 5.74) is 1.45. The number of pyridine rings is 2. The van der Waals surface area contributed by atoms with Gasteiger partial charge in [0.15, 0.2) is 5.49 Å². The van der Waals surface area contributed by atoms with E-state index in [1.54, 1.807) is 67.3 Å². The Labute approximate surface area is 207 Å². The van der Waals surface area contributed by atoms with E-state index in [0.717, 1.165) is 18.4 Å². The van der Waals surface area contributed by atoms with Crippen LogP contribution < -0.4 is 15.8 Å². The standard InChI is InChI=1S/C27H28N4O5/c1-4-6-14-31-24-20(26(33)30-15-8-7-9-22(30)28-24)17-21(27(34)36-5-2)25(31)29-23(32)16-18-10-12-19(35-3)13-11-18/h7-13,15,17H,4-6,14,16H2,1-3H3. The van der Waals surface area contributed by atoms with Crippen LogP contribution in [0.25, 0.3) is 16.7 Å². The molecule has 1 amide bonds. The summed E-state index contributed by atoms with van der Waals surface area (Å²) in [4.78, 5) is 48.4. The molecule has 0 spiro atoms. The maximum Gasteiger partial charge on any atom is 0.341 e. The molecule has 0 aliphatic heterocycles. The van der Waals surface area contributed by atoms with Crippen molar-refractivity contribution in [2.75, 3.05) is 13.7 Å². The van der Waals surface area contributed by atoms with Gasteiger partial charge in [-0.25, -0.2) is 9.78 Å². The predicted molar refractivity (Wildman–Crippen MR) is 135 cm³/mol. The largest absolute Gasteiger partial charge is 0.497 e. The van der Waals surface area contributed by atoms with Crippen molar-refractivity contribution >= 4 is 28.6 Å². The minimum absolute atomic E-state index is 0.0336. The monoisotopic (exact) mass is 488 g/mol. The summed E-state index contributed by atoms with van der Waals surface area (Å²) in [6.07, 6.45) is 3.24. The summed E-state index contributed by atoms with van der Waals surface area (Å²) >= 11 is 0. The van der Waals surface area contributed by atoms with Crippen molar-refractivity contribution in [1.82, 2.24) is 14.0 Å². The fourth-order valence-electron chi connectivity index (χ4n) is 3.96. The maximum atomic E-state index is 13.3. The number of nitrogens with zero attached hydrogens (tertiary/aromatic N) is 4. The van der Waals surface area contributed by atoms with Crippen molar-refractivity contribution < 1.29 is 19.1 Å². The number of fused-ring (bicyclic) bond motifs is 2. The lowest BCUT2D eigenvalue weighted by Gasteiger charge is -2.15. The highest BCUT2D eigenvalue weighted by Gasteiger charge is 2.20. The molecule has 0 aliphatic carbocycles. The van der Waals surface area contributed by atoms with Crippen molar-refractivity contribution in [3.05, 3.63) is 81.7 Å². The first-order chi connectivity index (χ1) is 17.5. The molecular formula is C27H28N4O5. The molecule has 4 rings (SSSR count). The highest BCUT2D eigenvalue weighted by molar-refractivity contribution is 5.93. The molecule has 0 bridgehead atoms. The predicted octanol–water partition coefficient (Wildman–Crippen LogP) is 3.30. The average molecular weight is 489 g/mol. The second-order valence-electron chi connectivity index (χ2n) is 8.22. The molecule has 0 unspecified atom stereocenters. The van der Waals surface area contributed by atoms with Gasteiger partial charge in [-0.05, 0) is 49.2 Å². The van der Waals surface area contributed by atoms with Crippen LogP contribution in [0.3, 0.4) is 0 Å². The Morgan fingerprint density at radius 1 is 1.08 bits per heavy atom. The van der Waals surface area contributed by atoms with Gasteiger partial charge in [0, 0.05) is 12.7 Å². The second-order valence-corrected chi connectivity index (χ2v) is 8.22. The third kappa shape index (κ3) is 5.05. The lowest BCUT2D eigenvalue weighted by Crippen LogP contribution is -2.33. The van der Waals surface area contributed by atoms with Crippen LogP contribution in [0.2, 0.25) is 0 Å². The van der Waals surface area contributed by atoms with Crippen molar-refractivity contribution in [3.63, 3.8) is 0 Å². The third-order valence-corrected chi connectivity index (χ3v) is 5.77. The van der Waals surface area contributed by atoms with Gasteiger partial charge in [0.1, 0.15) is 22.6 Å². The number of benzene rings is 1. The number of methoxy groups -OCH3 is 1. The third-order valence-electron chi connectivity index (χ3n) is 5.77. The zero-order valence-corrected chi connectivity index (χ0v) is 20.6. The Bertz CT molecular complexity index is 1550. The number of carbonyl (C=O) groups excluding carboxylic acids is 2. The Kier molecular flexibility index (Phi) is 7.58. The average Bonchev–Trinajstić information content (AvgIpc) is 2.88. The highest BCUT2D eigenvalue weighted by Crippen LogP contribution is 2.14. The van der Waals surface area contributed by atoms with E-state index in [1.165, 1.54) is 10.5 Å². The molecule has 36 heavy (non-hydrogen) atoms. The first kappa shape index (κ1) is 24.8. The number of esters is 1. The summed E-state index contributed by atoms with van der Waals surface area (Å²) in [6.45, 7) is 4.28. The lowest BCUT2D eigenvalue weighted by molar-refractivity contribution is -0.117. The number of aromatic nitrogens is 3. The number of carbonyl (C=O) groups is 2. The topological polar surface area (TPSA) is 104 Å². The van der Waals surface area contributed by atoms with Crippen LogP contribution in [-0.4, -0.2) is 39.5 Å². The summed E-state index contributed by atoms with van der Waals surface area (Å²) in [5.74, 6) is -0.407. The number of amides is 1. The van der Waals surface area contributed by atoms with Crippen LogP contribution in [0.4, 0.5) is 0 Å². The number of ether oxygens (including phenoxy) is 2. The van der Waals surface area contributed by atoms with E-state index in [2.05, 4.69) is 4.99 Å². The molecule has 0 aliphatic rings. The minimum atomic E-state index is -0.654. The maximum absolute atomic E-state index is 13.3. The molecular weight excluding hydrogens is 460 g/mol. The Morgan fingerprint density at radius 3 is 2.56 bits per heavy atom. The van der Waals surface area contributed by atoms with E-state index in [9.17, 15) is 14.4 Å². The first-order valence-electron chi connectivity index (χ1n) is 11.9. The van der Waals surface area contributed by atoms with E-state index < -0.39 is 11.9 Å². The SMILES string of the molecule is CCCCn1c(=NC(=O)Cc2ccc(OC)cc2)c(C(=O)OCC)cc2c(=O)n3ccccc3nc21. The van der Waals surface area contributed by atoms with Gasteiger partial charge in [-0.2, -0.15) is 4.99 Å². The molecule has 3 heterocycles. The Morgan fingerprint density at radius 2 is 1.86 bits per heavy atom. The van der Waals surface area contributed by atoms with Crippen LogP contribution in [0, 0.1) is 0 Å². The molecule has 0 atom stereocenters. The van der Waals surface area contributed by atoms with E-state index in [0.29, 0.717) is 23.6 Å². The quantitative estimate of drug-likeness (QED) is 0.278. The number of hydrogen-bond donors (Lipinski definition) is 0. The number of aryl methyl sites for hydroxylation is 1. The van der Waals surface area contributed by atoms with Gasteiger partial charge in [0.2, 0.25) is 0 Å². The number of rotatable bonds is 8. The summed E-state index contributed by atoms with van der Waals surface area (Å²) in [6, 6.07) is 13.8. The summed E-state index contributed by atoms with van der Waals surface area (Å²) in [7, 11) is 1.57. The number of hydrogen-bond acceptors (Lipinski definition) is 6. The molecule has 0 radical (unpaired) electrons. The van der Waals surface area contributed by atoms with Crippen molar-refractivity contribution in [2.24, 2.45) is 4.99 Å². The fraction of sp³-hybridized carbons (Fsp3) is 0.296. The van der Waals surface area contributed by atoms with Crippen LogP contribution in [-0.2, 0) is 22.5 Å². The van der Waals surface area contributed by atoms with Gasteiger partial charge < -0.3 is 14.0 Å². The van der Waals surface area contributed by atoms with E-state index in [4.69, 9.17) is 14.5 Å².